The van der Waals surface area contributed by atoms with E-state index in [0.717, 1.165) is 24.4 Å². The molecular weight excluding hydrogens is 326 g/mol. The summed E-state index contributed by atoms with van der Waals surface area (Å²) in [6, 6.07) is 11.0. The number of aryl methyl sites for hydroxylation is 1. The molecule has 2 aromatic rings. The molecule has 1 aliphatic rings. The topological polar surface area (TPSA) is 64.0 Å². The Labute approximate surface area is 154 Å². The first kappa shape index (κ1) is 18.4. The number of amides is 1. The highest BCUT2D eigenvalue weighted by atomic mass is 16.2. The van der Waals surface area contributed by atoms with E-state index in [1.54, 1.807) is 4.68 Å². The Morgan fingerprint density at radius 1 is 1.19 bits per heavy atom. The monoisotopic (exact) mass is 353 g/mol. The van der Waals surface area contributed by atoms with Crippen molar-refractivity contribution in [3.05, 3.63) is 58.0 Å². The number of rotatable bonds is 6. The SMILES string of the molecule is Cc1cc(=O)c(C(=O)NCCCC2CCCCC2)nn1-c1ccccc1. The summed E-state index contributed by atoms with van der Waals surface area (Å²) in [5.74, 6) is 0.414. The molecule has 138 valence electrons. The van der Waals surface area contributed by atoms with Crippen molar-refractivity contribution in [2.45, 2.75) is 51.9 Å². The summed E-state index contributed by atoms with van der Waals surface area (Å²) in [6.45, 7) is 2.41. The fourth-order valence-electron chi connectivity index (χ4n) is 3.69. The summed E-state index contributed by atoms with van der Waals surface area (Å²) in [5, 5.41) is 7.17. The lowest BCUT2D eigenvalue weighted by Crippen LogP contribution is -2.32. The van der Waals surface area contributed by atoms with E-state index in [0.29, 0.717) is 12.2 Å². The van der Waals surface area contributed by atoms with Gasteiger partial charge in [-0.2, -0.15) is 5.10 Å². The van der Waals surface area contributed by atoms with Crippen LogP contribution in [-0.4, -0.2) is 22.2 Å². The molecule has 0 unspecified atom stereocenters. The largest absolute Gasteiger partial charge is 0.351 e. The molecule has 1 N–H and O–H groups in total. The van der Waals surface area contributed by atoms with Crippen molar-refractivity contribution in [2.24, 2.45) is 5.92 Å². The van der Waals surface area contributed by atoms with Crippen molar-refractivity contribution in [2.75, 3.05) is 6.54 Å². The fraction of sp³-hybridized carbons (Fsp3) is 0.476. The van der Waals surface area contributed by atoms with Gasteiger partial charge in [0.1, 0.15) is 0 Å². The van der Waals surface area contributed by atoms with Crippen molar-refractivity contribution in [1.29, 1.82) is 0 Å². The smallest absolute Gasteiger partial charge is 0.275 e. The minimum absolute atomic E-state index is 0.0443. The molecule has 26 heavy (non-hydrogen) atoms. The van der Waals surface area contributed by atoms with Gasteiger partial charge in [-0.05, 0) is 37.8 Å². The Kier molecular flexibility index (Phi) is 6.21. The number of carbonyl (C=O) groups excluding carboxylic acids is 1. The first-order chi connectivity index (χ1) is 12.6. The second-order valence-electron chi connectivity index (χ2n) is 7.15. The highest BCUT2D eigenvalue weighted by Crippen LogP contribution is 2.26. The maximum Gasteiger partial charge on any atom is 0.275 e. The van der Waals surface area contributed by atoms with Crippen LogP contribution in [0.2, 0.25) is 0 Å². The maximum absolute atomic E-state index is 12.4. The molecule has 3 rings (SSSR count). The summed E-state index contributed by atoms with van der Waals surface area (Å²) in [7, 11) is 0. The first-order valence-corrected chi connectivity index (χ1v) is 9.60. The lowest BCUT2D eigenvalue weighted by Gasteiger charge is -2.21. The molecule has 1 amide bonds. The van der Waals surface area contributed by atoms with Gasteiger partial charge in [0.2, 0.25) is 5.43 Å². The Morgan fingerprint density at radius 3 is 2.65 bits per heavy atom. The van der Waals surface area contributed by atoms with Gasteiger partial charge < -0.3 is 5.32 Å². The van der Waals surface area contributed by atoms with Crippen LogP contribution in [0.1, 0.15) is 61.1 Å². The molecule has 0 aliphatic heterocycles. The standard InChI is InChI=1S/C21H27N3O2/c1-16-15-19(25)20(23-24(16)18-12-6-3-7-13-18)21(26)22-14-8-11-17-9-4-2-5-10-17/h3,6-7,12-13,15,17H,2,4-5,8-11,14H2,1H3,(H,22,26). The third kappa shape index (κ3) is 4.59. The van der Waals surface area contributed by atoms with Gasteiger partial charge in [0.25, 0.3) is 5.91 Å². The molecule has 1 aliphatic carbocycles. The highest BCUT2D eigenvalue weighted by Gasteiger charge is 2.16. The van der Waals surface area contributed by atoms with E-state index in [1.165, 1.54) is 38.2 Å². The van der Waals surface area contributed by atoms with E-state index in [-0.39, 0.29) is 17.0 Å². The molecule has 1 fully saturated rings. The Balaban J connectivity index is 1.62. The van der Waals surface area contributed by atoms with Crippen molar-refractivity contribution in [3.63, 3.8) is 0 Å². The van der Waals surface area contributed by atoms with Gasteiger partial charge in [0.05, 0.1) is 5.69 Å². The molecule has 5 heteroatoms. The van der Waals surface area contributed by atoms with Crippen LogP contribution < -0.4 is 10.7 Å². The molecular formula is C21H27N3O2. The number of hydrogen-bond donors (Lipinski definition) is 1. The third-order valence-corrected chi connectivity index (χ3v) is 5.12. The molecule has 0 radical (unpaired) electrons. The zero-order valence-electron chi connectivity index (χ0n) is 15.4. The van der Waals surface area contributed by atoms with Crippen LogP contribution in [0.25, 0.3) is 5.69 Å². The minimum Gasteiger partial charge on any atom is -0.351 e. The Hall–Kier alpha value is -2.43. The molecule has 1 aromatic carbocycles. The molecule has 0 saturated heterocycles. The second-order valence-corrected chi connectivity index (χ2v) is 7.15. The van der Waals surface area contributed by atoms with Crippen LogP contribution in [0.4, 0.5) is 0 Å². The summed E-state index contributed by atoms with van der Waals surface area (Å²) in [4.78, 5) is 24.6. The molecule has 0 bridgehead atoms. The zero-order valence-corrected chi connectivity index (χ0v) is 15.4. The number of nitrogens with zero attached hydrogens (tertiary/aromatic N) is 2. The molecule has 5 nitrogen and oxygen atoms in total. The van der Waals surface area contributed by atoms with Crippen LogP contribution in [0.15, 0.2) is 41.2 Å². The average Bonchev–Trinajstić information content (AvgIpc) is 2.67. The molecule has 0 atom stereocenters. The van der Waals surface area contributed by atoms with Gasteiger partial charge in [-0.25, -0.2) is 4.68 Å². The van der Waals surface area contributed by atoms with Crippen LogP contribution >= 0.6 is 0 Å². The molecule has 1 saturated carbocycles. The van der Waals surface area contributed by atoms with Gasteiger partial charge in [-0.15, -0.1) is 0 Å². The van der Waals surface area contributed by atoms with Gasteiger partial charge in [-0.1, -0.05) is 50.3 Å². The Bertz CT molecular complexity index is 793. The fourth-order valence-corrected chi connectivity index (χ4v) is 3.69. The quantitative estimate of drug-likeness (QED) is 0.807. The molecule has 1 heterocycles. The summed E-state index contributed by atoms with van der Waals surface area (Å²) in [6.07, 6.45) is 8.77. The van der Waals surface area contributed by atoms with E-state index in [1.807, 2.05) is 37.3 Å². The normalized spacial score (nSPS) is 15.0. The third-order valence-electron chi connectivity index (χ3n) is 5.12. The number of aromatic nitrogens is 2. The van der Waals surface area contributed by atoms with Crippen LogP contribution in [0.3, 0.4) is 0 Å². The summed E-state index contributed by atoms with van der Waals surface area (Å²) in [5.41, 5.74) is 1.16. The number of carbonyl (C=O) groups is 1. The molecule has 0 spiro atoms. The minimum atomic E-state index is -0.386. The van der Waals surface area contributed by atoms with E-state index >= 15 is 0 Å². The van der Waals surface area contributed by atoms with Gasteiger partial charge in [0.15, 0.2) is 5.69 Å². The Morgan fingerprint density at radius 2 is 1.92 bits per heavy atom. The average molecular weight is 353 g/mol. The van der Waals surface area contributed by atoms with Crippen molar-refractivity contribution in [3.8, 4) is 5.69 Å². The number of nitrogens with one attached hydrogen (secondary N) is 1. The molecule has 1 aromatic heterocycles. The number of para-hydroxylation sites is 1. The number of hydrogen-bond acceptors (Lipinski definition) is 3. The van der Waals surface area contributed by atoms with Crippen LogP contribution in [0, 0.1) is 12.8 Å². The highest BCUT2D eigenvalue weighted by molar-refractivity contribution is 5.92. The van der Waals surface area contributed by atoms with Gasteiger partial charge >= 0.3 is 0 Å². The van der Waals surface area contributed by atoms with Crippen molar-refractivity contribution < 1.29 is 4.79 Å². The zero-order chi connectivity index (χ0) is 18.4. The number of benzene rings is 1. The first-order valence-electron chi connectivity index (χ1n) is 9.60. The lowest BCUT2D eigenvalue weighted by molar-refractivity contribution is 0.0944. The lowest BCUT2D eigenvalue weighted by atomic mass is 9.86. The van der Waals surface area contributed by atoms with Gasteiger partial charge in [0, 0.05) is 18.3 Å². The predicted octanol–water partition coefficient (Wildman–Crippen LogP) is 3.63. The maximum atomic E-state index is 12.4. The van der Waals surface area contributed by atoms with E-state index in [9.17, 15) is 9.59 Å². The van der Waals surface area contributed by atoms with Crippen molar-refractivity contribution >= 4 is 5.91 Å². The van der Waals surface area contributed by atoms with E-state index < -0.39 is 0 Å². The van der Waals surface area contributed by atoms with Gasteiger partial charge in [-0.3, -0.25) is 9.59 Å². The van der Waals surface area contributed by atoms with Crippen molar-refractivity contribution in [1.82, 2.24) is 15.1 Å². The van der Waals surface area contributed by atoms with E-state index in [2.05, 4.69) is 10.4 Å². The predicted molar refractivity (Wildman–Crippen MR) is 103 cm³/mol. The van der Waals surface area contributed by atoms with Crippen LogP contribution in [-0.2, 0) is 0 Å². The van der Waals surface area contributed by atoms with Crippen LogP contribution in [0.5, 0.6) is 0 Å². The summed E-state index contributed by atoms with van der Waals surface area (Å²) < 4.78 is 1.64. The second kappa shape index (κ2) is 8.79. The van der Waals surface area contributed by atoms with E-state index in [4.69, 9.17) is 0 Å². The summed E-state index contributed by atoms with van der Waals surface area (Å²) >= 11 is 0.